The lowest BCUT2D eigenvalue weighted by molar-refractivity contribution is -0.138. The number of nitrogens with zero attached hydrogens (tertiary/aromatic N) is 1. The average molecular weight is 339 g/mol. The minimum absolute atomic E-state index is 0.0560. The third-order valence-electron chi connectivity index (χ3n) is 4.07. The van der Waals surface area contributed by atoms with Crippen LogP contribution in [0.1, 0.15) is 38.2 Å². The number of likely N-dealkylation sites (tertiary alicyclic amines) is 1. The largest absolute Gasteiger partial charge is 0.496 e. The molecule has 1 aromatic rings. The van der Waals surface area contributed by atoms with Gasteiger partial charge in [-0.1, -0.05) is 24.6 Å². The molecule has 1 aromatic carbocycles. The zero-order valence-electron chi connectivity index (χ0n) is 13.6. The van der Waals surface area contributed by atoms with Crippen LogP contribution in [0.25, 0.3) is 0 Å². The van der Waals surface area contributed by atoms with Gasteiger partial charge in [0.2, 0.25) is 11.8 Å². The molecule has 5 nitrogen and oxygen atoms in total. The van der Waals surface area contributed by atoms with Crippen LogP contribution in [0.2, 0.25) is 5.02 Å². The van der Waals surface area contributed by atoms with Gasteiger partial charge in [-0.15, -0.1) is 0 Å². The van der Waals surface area contributed by atoms with Crippen molar-refractivity contribution in [3.8, 4) is 5.75 Å². The van der Waals surface area contributed by atoms with E-state index >= 15 is 0 Å². The molecule has 1 aliphatic rings. The number of nitrogens with one attached hydrogen (secondary N) is 1. The molecular weight excluding hydrogens is 316 g/mol. The van der Waals surface area contributed by atoms with Crippen molar-refractivity contribution >= 4 is 23.4 Å². The normalized spacial score (nSPS) is 17.2. The first-order valence-corrected chi connectivity index (χ1v) is 8.34. The van der Waals surface area contributed by atoms with E-state index in [1.54, 1.807) is 30.2 Å². The summed E-state index contributed by atoms with van der Waals surface area (Å²) in [4.78, 5) is 26.3. The lowest BCUT2D eigenvalue weighted by Gasteiger charge is -2.24. The molecule has 1 saturated heterocycles. The summed E-state index contributed by atoms with van der Waals surface area (Å²) >= 11 is 6.18. The third kappa shape index (κ3) is 4.16. The van der Waals surface area contributed by atoms with Gasteiger partial charge in [-0.2, -0.15) is 0 Å². The molecule has 1 atom stereocenters. The highest BCUT2D eigenvalue weighted by Crippen LogP contribution is 2.26. The topological polar surface area (TPSA) is 58.6 Å². The summed E-state index contributed by atoms with van der Waals surface area (Å²) in [5.41, 5.74) is 0.745. The Morgan fingerprint density at radius 1 is 1.43 bits per heavy atom. The molecule has 1 fully saturated rings. The van der Waals surface area contributed by atoms with Crippen LogP contribution in [-0.4, -0.2) is 36.4 Å². The van der Waals surface area contributed by atoms with Crippen LogP contribution in [0, 0.1) is 0 Å². The molecule has 6 heteroatoms. The number of methoxy groups -OCH3 is 1. The van der Waals surface area contributed by atoms with E-state index in [-0.39, 0.29) is 24.4 Å². The second kappa shape index (κ2) is 8.20. The van der Waals surface area contributed by atoms with Gasteiger partial charge in [-0.25, -0.2) is 0 Å². The molecule has 126 valence electrons. The maximum absolute atomic E-state index is 12.5. The zero-order valence-corrected chi connectivity index (χ0v) is 14.4. The first-order chi connectivity index (χ1) is 11.1. The number of carbonyl (C=O) groups excluding carboxylic acids is 2. The molecule has 2 rings (SSSR count). The predicted octanol–water partition coefficient (Wildman–Crippen LogP) is 2.76. The molecule has 1 aliphatic heterocycles. The first kappa shape index (κ1) is 17.6. The number of hydrogen-bond acceptors (Lipinski definition) is 3. The number of carbonyl (C=O) groups is 2. The standard InChI is InChI=1S/C17H23ClN2O3/c1-3-6-16(21)20-10-5-8-14(20)17(22)19-11-12-13(18)7-4-9-15(12)23-2/h4,7,9,14H,3,5-6,8,10-11H2,1-2H3,(H,19,22). The highest BCUT2D eigenvalue weighted by Gasteiger charge is 2.33. The minimum Gasteiger partial charge on any atom is -0.496 e. The Morgan fingerprint density at radius 3 is 2.91 bits per heavy atom. The van der Waals surface area contributed by atoms with Crippen molar-refractivity contribution in [3.63, 3.8) is 0 Å². The molecule has 0 aromatic heterocycles. The minimum atomic E-state index is -0.373. The SMILES string of the molecule is CCCC(=O)N1CCCC1C(=O)NCc1c(Cl)cccc1OC. The molecule has 2 amide bonds. The number of halogens is 1. The highest BCUT2D eigenvalue weighted by atomic mass is 35.5. The Kier molecular flexibility index (Phi) is 6.28. The Labute approximate surface area is 141 Å². The summed E-state index contributed by atoms with van der Waals surface area (Å²) in [6, 6.07) is 5.00. The lowest BCUT2D eigenvalue weighted by atomic mass is 10.1. The number of hydrogen-bond donors (Lipinski definition) is 1. The first-order valence-electron chi connectivity index (χ1n) is 7.97. The van der Waals surface area contributed by atoms with Crippen molar-refractivity contribution in [2.45, 2.75) is 45.2 Å². The molecule has 0 radical (unpaired) electrons. The Balaban J connectivity index is 2.01. The van der Waals surface area contributed by atoms with Crippen molar-refractivity contribution in [2.75, 3.05) is 13.7 Å². The van der Waals surface area contributed by atoms with E-state index in [1.807, 2.05) is 6.92 Å². The summed E-state index contributed by atoms with van der Waals surface area (Å²) in [5, 5.41) is 3.44. The van der Waals surface area contributed by atoms with Crippen LogP contribution in [0.15, 0.2) is 18.2 Å². The fourth-order valence-electron chi connectivity index (χ4n) is 2.89. The van der Waals surface area contributed by atoms with Crippen LogP contribution < -0.4 is 10.1 Å². The summed E-state index contributed by atoms with van der Waals surface area (Å²) in [6.45, 7) is 2.91. The van der Waals surface area contributed by atoms with Gasteiger partial charge in [0.15, 0.2) is 0 Å². The van der Waals surface area contributed by atoms with Gasteiger partial charge in [-0.3, -0.25) is 9.59 Å². The van der Waals surface area contributed by atoms with Gasteiger partial charge in [0.25, 0.3) is 0 Å². The van der Waals surface area contributed by atoms with Gasteiger partial charge in [0.1, 0.15) is 11.8 Å². The summed E-state index contributed by atoms with van der Waals surface area (Å²) < 4.78 is 5.27. The molecule has 0 bridgehead atoms. The van der Waals surface area contributed by atoms with E-state index in [2.05, 4.69) is 5.32 Å². The molecule has 0 spiro atoms. The van der Waals surface area contributed by atoms with Crippen LogP contribution in [-0.2, 0) is 16.1 Å². The molecule has 1 heterocycles. The average Bonchev–Trinajstić information content (AvgIpc) is 3.03. The van der Waals surface area contributed by atoms with Gasteiger partial charge < -0.3 is 15.0 Å². The monoisotopic (exact) mass is 338 g/mol. The molecule has 23 heavy (non-hydrogen) atoms. The van der Waals surface area contributed by atoms with Gasteiger partial charge in [0.05, 0.1) is 7.11 Å². The number of amides is 2. The second-order valence-electron chi connectivity index (χ2n) is 5.63. The van der Waals surface area contributed by atoms with Crippen molar-refractivity contribution in [1.29, 1.82) is 0 Å². The van der Waals surface area contributed by atoms with E-state index < -0.39 is 0 Å². The van der Waals surface area contributed by atoms with Crippen LogP contribution in [0.4, 0.5) is 0 Å². The molecule has 0 saturated carbocycles. The fraction of sp³-hybridized carbons (Fsp3) is 0.529. The fourth-order valence-corrected chi connectivity index (χ4v) is 3.12. The lowest BCUT2D eigenvalue weighted by Crippen LogP contribution is -2.45. The maximum atomic E-state index is 12.5. The van der Waals surface area contributed by atoms with Crippen molar-refractivity contribution in [2.24, 2.45) is 0 Å². The number of ether oxygens (including phenoxy) is 1. The Hall–Kier alpha value is -1.75. The van der Waals surface area contributed by atoms with Gasteiger partial charge in [0, 0.05) is 30.1 Å². The number of rotatable bonds is 6. The summed E-state index contributed by atoms with van der Waals surface area (Å²) in [5.74, 6) is 0.567. The molecule has 0 aliphatic carbocycles. The quantitative estimate of drug-likeness (QED) is 0.867. The van der Waals surface area contributed by atoms with E-state index in [0.717, 1.165) is 18.4 Å². The van der Waals surface area contributed by atoms with Crippen molar-refractivity contribution in [3.05, 3.63) is 28.8 Å². The second-order valence-corrected chi connectivity index (χ2v) is 6.04. The highest BCUT2D eigenvalue weighted by molar-refractivity contribution is 6.31. The van der Waals surface area contributed by atoms with Crippen molar-refractivity contribution < 1.29 is 14.3 Å². The van der Waals surface area contributed by atoms with Crippen molar-refractivity contribution in [1.82, 2.24) is 10.2 Å². The van der Waals surface area contributed by atoms with E-state index in [0.29, 0.717) is 30.2 Å². The molecule has 1 N–H and O–H groups in total. The van der Waals surface area contributed by atoms with Crippen LogP contribution >= 0.6 is 11.6 Å². The van der Waals surface area contributed by atoms with Gasteiger partial charge >= 0.3 is 0 Å². The molecular formula is C17H23ClN2O3. The summed E-state index contributed by atoms with van der Waals surface area (Å²) in [6.07, 6.45) is 2.85. The van der Waals surface area contributed by atoms with Crippen LogP contribution in [0.3, 0.4) is 0 Å². The third-order valence-corrected chi connectivity index (χ3v) is 4.43. The zero-order chi connectivity index (χ0) is 16.8. The molecule has 1 unspecified atom stereocenters. The Bertz CT molecular complexity index is 577. The number of benzene rings is 1. The maximum Gasteiger partial charge on any atom is 0.243 e. The van der Waals surface area contributed by atoms with E-state index in [1.165, 1.54) is 0 Å². The van der Waals surface area contributed by atoms with Gasteiger partial charge in [-0.05, 0) is 31.4 Å². The smallest absolute Gasteiger partial charge is 0.243 e. The Morgan fingerprint density at radius 2 is 2.22 bits per heavy atom. The van der Waals surface area contributed by atoms with E-state index in [9.17, 15) is 9.59 Å². The summed E-state index contributed by atoms with van der Waals surface area (Å²) in [7, 11) is 1.57. The predicted molar refractivity (Wildman–Crippen MR) is 89.5 cm³/mol. The van der Waals surface area contributed by atoms with E-state index in [4.69, 9.17) is 16.3 Å². The van der Waals surface area contributed by atoms with Crippen LogP contribution in [0.5, 0.6) is 5.75 Å².